The Morgan fingerprint density at radius 1 is 1.16 bits per heavy atom. The maximum Gasteiger partial charge on any atom is 0.244 e. The minimum absolute atomic E-state index is 0.0973. The van der Waals surface area contributed by atoms with E-state index in [0.717, 1.165) is 36.3 Å². The number of carbonyl (C=O) groups is 1. The van der Waals surface area contributed by atoms with Crippen molar-refractivity contribution >= 4 is 16.8 Å². The van der Waals surface area contributed by atoms with Gasteiger partial charge in [0.05, 0.1) is 0 Å². The molecule has 5 rings (SSSR count). The van der Waals surface area contributed by atoms with E-state index in [4.69, 9.17) is 0 Å². The van der Waals surface area contributed by atoms with Crippen molar-refractivity contribution < 1.29 is 4.79 Å². The zero-order chi connectivity index (χ0) is 22.2. The summed E-state index contributed by atoms with van der Waals surface area (Å²) in [6.45, 7) is 7.59. The molecule has 7 heteroatoms. The van der Waals surface area contributed by atoms with Crippen molar-refractivity contribution in [2.45, 2.75) is 46.1 Å². The number of carbonyl (C=O) groups excluding carboxylic acids is 1. The summed E-state index contributed by atoms with van der Waals surface area (Å²) in [4.78, 5) is 27.3. The maximum absolute atomic E-state index is 13.1. The number of aromatic amines is 1. The van der Waals surface area contributed by atoms with Crippen LogP contribution in [0.1, 0.15) is 41.7 Å². The molecule has 0 radical (unpaired) electrons. The number of nitrogens with one attached hydrogen (secondary N) is 1. The molecule has 1 aliphatic heterocycles. The molecule has 1 N–H and O–H groups in total. The third kappa shape index (κ3) is 3.79. The molecule has 1 unspecified atom stereocenters. The summed E-state index contributed by atoms with van der Waals surface area (Å²) >= 11 is 0. The monoisotopic (exact) mass is 428 g/mol. The minimum atomic E-state index is 0.0973. The lowest BCUT2D eigenvalue weighted by atomic mass is 9.89. The van der Waals surface area contributed by atoms with Crippen molar-refractivity contribution in [1.82, 2.24) is 29.6 Å². The molecule has 164 valence electrons. The van der Waals surface area contributed by atoms with Crippen LogP contribution in [0.15, 0.2) is 42.7 Å². The van der Waals surface area contributed by atoms with Crippen LogP contribution in [-0.4, -0.2) is 48.6 Å². The second-order valence-corrected chi connectivity index (χ2v) is 8.74. The molecule has 1 fully saturated rings. The van der Waals surface area contributed by atoms with Gasteiger partial charge in [0.2, 0.25) is 5.91 Å². The summed E-state index contributed by atoms with van der Waals surface area (Å²) in [6.07, 6.45) is 5.71. The molecule has 3 aromatic heterocycles. The van der Waals surface area contributed by atoms with Crippen molar-refractivity contribution in [2.24, 2.45) is 0 Å². The van der Waals surface area contributed by atoms with Gasteiger partial charge in [-0.25, -0.2) is 9.67 Å². The maximum atomic E-state index is 13.1. The fourth-order valence-corrected chi connectivity index (χ4v) is 4.84. The number of amides is 1. The van der Waals surface area contributed by atoms with E-state index in [-0.39, 0.29) is 18.4 Å². The number of aromatic nitrogens is 5. The Kier molecular flexibility index (Phi) is 5.25. The first-order chi connectivity index (χ1) is 15.5. The molecule has 1 aromatic carbocycles. The molecule has 7 nitrogen and oxygen atoms in total. The number of pyridine rings is 1. The Hall–Kier alpha value is -3.48. The number of likely N-dealkylation sites (tertiary alicyclic amines) is 1. The number of piperidine rings is 1. The summed E-state index contributed by atoms with van der Waals surface area (Å²) in [5.41, 5.74) is 5.96. The lowest BCUT2D eigenvalue weighted by Crippen LogP contribution is -2.41. The zero-order valence-corrected chi connectivity index (χ0v) is 18.8. The average Bonchev–Trinajstić information content (AvgIpc) is 3.33. The van der Waals surface area contributed by atoms with Gasteiger partial charge in [0, 0.05) is 53.6 Å². The Balaban J connectivity index is 1.47. The Bertz CT molecular complexity index is 1270. The molecule has 4 heterocycles. The average molecular weight is 429 g/mol. The van der Waals surface area contributed by atoms with Crippen LogP contribution in [0.4, 0.5) is 0 Å². The summed E-state index contributed by atoms with van der Waals surface area (Å²) < 4.78 is 1.70. The SMILES string of the molecule is Cc1ccc2[nH]c(C3CCCN(C(=O)Cn4nc(C)nc4C)C3)c(-c3ccncc3)c2c1. The number of fused-ring (bicyclic) bond motifs is 1. The van der Waals surface area contributed by atoms with Crippen LogP contribution in [0.3, 0.4) is 0 Å². The van der Waals surface area contributed by atoms with E-state index in [1.54, 1.807) is 4.68 Å². The smallest absolute Gasteiger partial charge is 0.244 e. The first-order valence-corrected chi connectivity index (χ1v) is 11.2. The summed E-state index contributed by atoms with van der Waals surface area (Å²) in [5, 5.41) is 5.58. The van der Waals surface area contributed by atoms with Gasteiger partial charge >= 0.3 is 0 Å². The Morgan fingerprint density at radius 3 is 2.72 bits per heavy atom. The second kappa shape index (κ2) is 8.22. The largest absolute Gasteiger partial charge is 0.358 e. The fourth-order valence-electron chi connectivity index (χ4n) is 4.84. The highest BCUT2D eigenvalue weighted by atomic mass is 16.2. The number of H-pyrrole nitrogens is 1. The molecule has 1 saturated heterocycles. The Morgan fingerprint density at radius 2 is 1.97 bits per heavy atom. The van der Waals surface area contributed by atoms with Gasteiger partial charge in [-0.15, -0.1) is 0 Å². The summed E-state index contributed by atoms with van der Waals surface area (Å²) in [6, 6.07) is 10.7. The van der Waals surface area contributed by atoms with Gasteiger partial charge in [-0.05, 0) is 63.4 Å². The van der Waals surface area contributed by atoms with E-state index in [9.17, 15) is 4.79 Å². The minimum Gasteiger partial charge on any atom is -0.358 e. The quantitative estimate of drug-likeness (QED) is 0.529. The molecular formula is C25H28N6O. The lowest BCUT2D eigenvalue weighted by Gasteiger charge is -2.33. The van der Waals surface area contributed by atoms with Crippen LogP contribution < -0.4 is 0 Å². The van der Waals surface area contributed by atoms with E-state index >= 15 is 0 Å². The molecule has 32 heavy (non-hydrogen) atoms. The topological polar surface area (TPSA) is 79.7 Å². The van der Waals surface area contributed by atoms with Crippen molar-refractivity contribution in [2.75, 3.05) is 13.1 Å². The van der Waals surface area contributed by atoms with Crippen molar-refractivity contribution in [3.8, 4) is 11.1 Å². The molecule has 1 amide bonds. The predicted octanol–water partition coefficient (Wildman–Crippen LogP) is 4.15. The highest BCUT2D eigenvalue weighted by molar-refractivity contribution is 5.98. The number of aryl methyl sites for hydroxylation is 3. The van der Waals surface area contributed by atoms with Crippen LogP contribution in [0, 0.1) is 20.8 Å². The number of hydrogen-bond donors (Lipinski definition) is 1. The molecule has 0 saturated carbocycles. The Labute approximate surface area is 187 Å². The van der Waals surface area contributed by atoms with Crippen molar-refractivity contribution in [3.63, 3.8) is 0 Å². The first kappa shape index (κ1) is 20.4. The van der Waals surface area contributed by atoms with Gasteiger partial charge in [-0.1, -0.05) is 11.6 Å². The summed E-state index contributed by atoms with van der Waals surface area (Å²) in [7, 11) is 0. The van der Waals surface area contributed by atoms with Crippen molar-refractivity contribution in [3.05, 3.63) is 65.6 Å². The second-order valence-electron chi connectivity index (χ2n) is 8.74. The third-order valence-electron chi connectivity index (χ3n) is 6.38. The molecule has 0 bridgehead atoms. The third-order valence-corrected chi connectivity index (χ3v) is 6.38. The highest BCUT2D eigenvalue weighted by Gasteiger charge is 2.29. The lowest BCUT2D eigenvalue weighted by molar-refractivity contribution is -0.133. The van der Waals surface area contributed by atoms with Crippen LogP contribution in [0.25, 0.3) is 22.0 Å². The molecule has 0 aliphatic carbocycles. The van der Waals surface area contributed by atoms with E-state index < -0.39 is 0 Å². The zero-order valence-electron chi connectivity index (χ0n) is 18.8. The van der Waals surface area contributed by atoms with Gasteiger partial charge in [0.15, 0.2) is 0 Å². The standard InChI is InChI=1S/C25H28N6O/c1-16-6-7-22-21(13-16)24(19-8-10-26-11-9-19)25(28-22)20-5-4-12-30(14-20)23(32)15-31-18(3)27-17(2)29-31/h6-11,13,20,28H,4-5,12,14-15H2,1-3H3. The first-order valence-electron chi connectivity index (χ1n) is 11.2. The number of rotatable bonds is 4. The number of nitrogens with zero attached hydrogens (tertiary/aromatic N) is 5. The van der Waals surface area contributed by atoms with Crippen LogP contribution in [-0.2, 0) is 11.3 Å². The predicted molar refractivity (Wildman–Crippen MR) is 124 cm³/mol. The number of hydrogen-bond acceptors (Lipinski definition) is 4. The van der Waals surface area contributed by atoms with Gasteiger partial charge in [0.25, 0.3) is 0 Å². The van der Waals surface area contributed by atoms with Crippen molar-refractivity contribution in [1.29, 1.82) is 0 Å². The fraction of sp³-hybridized carbons (Fsp3) is 0.360. The van der Waals surface area contributed by atoms with E-state index in [1.807, 2.05) is 31.1 Å². The van der Waals surface area contributed by atoms with Gasteiger partial charge < -0.3 is 9.88 Å². The van der Waals surface area contributed by atoms with Crippen LogP contribution in [0.2, 0.25) is 0 Å². The van der Waals surface area contributed by atoms with Gasteiger partial charge in [-0.3, -0.25) is 9.78 Å². The molecule has 1 aliphatic rings. The molecule has 0 spiro atoms. The molecule has 1 atom stereocenters. The van der Waals surface area contributed by atoms with E-state index in [0.29, 0.717) is 12.4 Å². The molecular weight excluding hydrogens is 400 g/mol. The normalized spacial score (nSPS) is 16.6. The van der Waals surface area contributed by atoms with Crippen LogP contribution >= 0.6 is 0 Å². The van der Waals surface area contributed by atoms with E-state index in [2.05, 4.69) is 57.3 Å². The summed E-state index contributed by atoms with van der Waals surface area (Å²) in [5.74, 6) is 1.82. The van der Waals surface area contributed by atoms with Gasteiger partial charge in [0.1, 0.15) is 18.2 Å². The highest BCUT2D eigenvalue weighted by Crippen LogP contribution is 2.39. The van der Waals surface area contributed by atoms with Crippen LogP contribution in [0.5, 0.6) is 0 Å². The van der Waals surface area contributed by atoms with Gasteiger partial charge in [-0.2, -0.15) is 5.10 Å². The van der Waals surface area contributed by atoms with E-state index in [1.165, 1.54) is 22.2 Å². The molecule has 4 aromatic rings. The number of benzene rings is 1.